The smallest absolute Gasteiger partial charge is 0.338 e. The van der Waals surface area contributed by atoms with Crippen molar-refractivity contribution >= 4 is 35.0 Å². The molecule has 0 N–H and O–H groups in total. The zero-order chi connectivity index (χ0) is 31.7. The van der Waals surface area contributed by atoms with Gasteiger partial charge in [0.25, 0.3) is 5.56 Å². The SMILES string of the molecule is CCOC(=O)C1=C(C)N=c2sc(=Cc3ccc(OC)c(COc4c(F)c(F)cc(F)c4F)c3)c(=O)n2C1c1ccc(Cl)cc1. The summed E-state index contributed by atoms with van der Waals surface area (Å²) in [6, 6.07) is 10.7. The van der Waals surface area contributed by atoms with Gasteiger partial charge in [0.1, 0.15) is 12.4 Å². The molecular weight excluding hydrogens is 624 g/mol. The van der Waals surface area contributed by atoms with Gasteiger partial charge in [-0.3, -0.25) is 9.36 Å². The summed E-state index contributed by atoms with van der Waals surface area (Å²) < 4.78 is 73.0. The molecule has 0 bridgehead atoms. The van der Waals surface area contributed by atoms with Gasteiger partial charge in [0, 0.05) is 16.7 Å². The highest BCUT2D eigenvalue weighted by molar-refractivity contribution is 7.07. The average molecular weight is 647 g/mol. The van der Waals surface area contributed by atoms with Crippen LogP contribution >= 0.6 is 22.9 Å². The summed E-state index contributed by atoms with van der Waals surface area (Å²) in [5, 5.41) is 0.479. The highest BCUT2D eigenvalue weighted by Gasteiger charge is 2.33. The molecule has 0 saturated carbocycles. The normalized spacial score (nSPS) is 14.7. The third-order valence-electron chi connectivity index (χ3n) is 6.75. The predicted octanol–water partition coefficient (Wildman–Crippen LogP) is 5.60. The lowest BCUT2D eigenvalue weighted by Crippen LogP contribution is -2.39. The van der Waals surface area contributed by atoms with Crippen molar-refractivity contribution < 1.29 is 36.6 Å². The van der Waals surface area contributed by atoms with Crippen molar-refractivity contribution in [2.75, 3.05) is 13.7 Å². The number of esters is 1. The number of methoxy groups -OCH3 is 1. The van der Waals surface area contributed by atoms with Crippen LogP contribution in [0.15, 0.2) is 69.6 Å². The largest absolute Gasteiger partial charge is 0.496 e. The van der Waals surface area contributed by atoms with E-state index in [9.17, 15) is 27.2 Å². The lowest BCUT2D eigenvalue weighted by atomic mass is 9.96. The van der Waals surface area contributed by atoms with Gasteiger partial charge in [-0.05, 0) is 55.3 Å². The summed E-state index contributed by atoms with van der Waals surface area (Å²) in [5.74, 6) is -8.10. The van der Waals surface area contributed by atoms with Crippen molar-refractivity contribution in [1.82, 2.24) is 4.57 Å². The summed E-state index contributed by atoms with van der Waals surface area (Å²) in [6.45, 7) is 2.96. The molecule has 1 atom stereocenters. The van der Waals surface area contributed by atoms with Crippen molar-refractivity contribution in [3.63, 3.8) is 0 Å². The van der Waals surface area contributed by atoms with Crippen molar-refractivity contribution in [2.45, 2.75) is 26.5 Å². The number of benzene rings is 3. The number of halogens is 5. The molecule has 44 heavy (non-hydrogen) atoms. The molecule has 0 radical (unpaired) electrons. The Morgan fingerprint density at radius 3 is 2.39 bits per heavy atom. The minimum absolute atomic E-state index is 0.0866. The number of hydrogen-bond acceptors (Lipinski definition) is 7. The van der Waals surface area contributed by atoms with Gasteiger partial charge in [0.05, 0.1) is 35.6 Å². The third-order valence-corrected chi connectivity index (χ3v) is 7.98. The first-order valence-electron chi connectivity index (χ1n) is 13.1. The molecule has 0 aliphatic carbocycles. The predicted molar refractivity (Wildman–Crippen MR) is 155 cm³/mol. The first-order chi connectivity index (χ1) is 21.0. The van der Waals surface area contributed by atoms with Crippen LogP contribution in [0.3, 0.4) is 0 Å². The van der Waals surface area contributed by atoms with E-state index in [1.807, 2.05) is 0 Å². The van der Waals surface area contributed by atoms with E-state index in [1.165, 1.54) is 17.7 Å². The van der Waals surface area contributed by atoms with E-state index in [-0.39, 0.29) is 34.1 Å². The number of allylic oxidation sites excluding steroid dienone is 1. The molecule has 13 heteroatoms. The number of thiazole rings is 1. The third kappa shape index (κ3) is 5.87. The Bertz CT molecular complexity index is 1960. The summed E-state index contributed by atoms with van der Waals surface area (Å²) in [7, 11) is 1.36. The Hall–Kier alpha value is -4.42. The van der Waals surface area contributed by atoms with Gasteiger partial charge in [0.2, 0.25) is 11.6 Å². The van der Waals surface area contributed by atoms with Crippen molar-refractivity contribution in [1.29, 1.82) is 0 Å². The maximum atomic E-state index is 14.1. The second-order valence-corrected chi connectivity index (χ2v) is 11.0. The Labute approximate surface area is 256 Å². The van der Waals surface area contributed by atoms with Gasteiger partial charge in [0.15, 0.2) is 22.2 Å². The van der Waals surface area contributed by atoms with Crippen LogP contribution in [0, 0.1) is 23.3 Å². The second-order valence-electron chi connectivity index (χ2n) is 9.51. The molecule has 1 aliphatic heterocycles. The lowest BCUT2D eigenvalue weighted by molar-refractivity contribution is -0.139. The summed E-state index contributed by atoms with van der Waals surface area (Å²) >= 11 is 7.19. The number of fused-ring (bicyclic) bond motifs is 1. The maximum Gasteiger partial charge on any atom is 0.338 e. The molecule has 2 heterocycles. The summed E-state index contributed by atoms with van der Waals surface area (Å²) in [5.41, 5.74) is 1.55. The van der Waals surface area contributed by atoms with Gasteiger partial charge in [-0.1, -0.05) is 41.1 Å². The Morgan fingerprint density at radius 1 is 1.07 bits per heavy atom. The van der Waals surface area contributed by atoms with Crippen LogP contribution in [0.2, 0.25) is 5.02 Å². The lowest BCUT2D eigenvalue weighted by Gasteiger charge is -2.24. The van der Waals surface area contributed by atoms with Crippen LogP contribution in [0.1, 0.15) is 36.6 Å². The van der Waals surface area contributed by atoms with Gasteiger partial charge < -0.3 is 14.2 Å². The first kappa shape index (κ1) is 31.0. The van der Waals surface area contributed by atoms with Crippen LogP contribution in [0.25, 0.3) is 6.08 Å². The number of carbonyl (C=O) groups excluding carboxylic acids is 1. The standard InChI is InChI=1S/C31H23ClF4N2O5S/c1-4-42-30(40)24-15(2)37-31-38(27(24)17-6-8-19(32)9-7-17)29(39)23(44-31)12-16-5-10-22(41-3)18(11-16)14-43-28-25(35)20(33)13-21(34)26(28)36/h5-13,27H,4,14H2,1-3H3. The van der Waals surface area contributed by atoms with Crippen LogP contribution in [-0.2, 0) is 16.1 Å². The fourth-order valence-electron chi connectivity index (χ4n) is 4.73. The van der Waals surface area contributed by atoms with Gasteiger partial charge in [-0.25, -0.2) is 18.6 Å². The molecule has 3 aromatic carbocycles. The van der Waals surface area contributed by atoms with Crippen molar-refractivity contribution in [3.05, 3.63) is 124 Å². The molecule has 1 aliphatic rings. The Balaban J connectivity index is 1.58. The molecule has 0 saturated heterocycles. The van der Waals surface area contributed by atoms with E-state index in [0.717, 1.165) is 11.3 Å². The average Bonchev–Trinajstić information content (AvgIpc) is 3.29. The number of nitrogens with zero attached hydrogens (tertiary/aromatic N) is 2. The van der Waals surface area contributed by atoms with Crippen LogP contribution < -0.4 is 24.4 Å². The van der Waals surface area contributed by atoms with E-state index >= 15 is 0 Å². The number of ether oxygens (including phenoxy) is 3. The molecule has 1 unspecified atom stereocenters. The van der Waals surface area contributed by atoms with E-state index in [2.05, 4.69) is 4.99 Å². The first-order valence-corrected chi connectivity index (χ1v) is 14.3. The van der Waals surface area contributed by atoms with E-state index in [4.69, 9.17) is 25.8 Å². The molecule has 5 rings (SSSR count). The monoisotopic (exact) mass is 646 g/mol. The fraction of sp³-hybridized carbons (Fsp3) is 0.194. The highest BCUT2D eigenvalue weighted by atomic mass is 35.5. The topological polar surface area (TPSA) is 79.1 Å². The number of rotatable bonds is 8. The van der Waals surface area contributed by atoms with E-state index < -0.39 is 53.2 Å². The number of hydrogen-bond donors (Lipinski definition) is 0. The minimum Gasteiger partial charge on any atom is -0.496 e. The van der Waals surface area contributed by atoms with Crippen LogP contribution in [0.5, 0.6) is 11.5 Å². The summed E-state index contributed by atoms with van der Waals surface area (Å²) in [4.78, 5) is 31.7. The van der Waals surface area contributed by atoms with Gasteiger partial charge >= 0.3 is 5.97 Å². The zero-order valence-corrected chi connectivity index (χ0v) is 25.0. The van der Waals surface area contributed by atoms with Crippen molar-refractivity contribution in [3.8, 4) is 11.5 Å². The van der Waals surface area contributed by atoms with Crippen LogP contribution in [-0.4, -0.2) is 24.3 Å². The molecule has 4 aromatic rings. The van der Waals surface area contributed by atoms with E-state index in [0.29, 0.717) is 26.6 Å². The molecule has 1 aromatic heterocycles. The Morgan fingerprint density at radius 2 is 1.75 bits per heavy atom. The molecule has 0 fully saturated rings. The quantitative estimate of drug-likeness (QED) is 0.142. The van der Waals surface area contributed by atoms with Gasteiger partial charge in [-0.15, -0.1) is 0 Å². The second kappa shape index (κ2) is 12.7. The fourth-order valence-corrected chi connectivity index (χ4v) is 5.90. The van der Waals surface area contributed by atoms with Gasteiger partial charge in [-0.2, -0.15) is 8.78 Å². The molecule has 7 nitrogen and oxygen atoms in total. The summed E-state index contributed by atoms with van der Waals surface area (Å²) in [6.07, 6.45) is 1.57. The molecule has 228 valence electrons. The highest BCUT2D eigenvalue weighted by Crippen LogP contribution is 2.32. The zero-order valence-electron chi connectivity index (χ0n) is 23.4. The maximum absolute atomic E-state index is 14.1. The number of carbonyl (C=O) groups is 1. The molecule has 0 spiro atoms. The number of aromatic nitrogens is 1. The molecular formula is C31H23ClF4N2O5S. The van der Waals surface area contributed by atoms with Crippen LogP contribution in [0.4, 0.5) is 17.6 Å². The minimum atomic E-state index is -1.67. The molecule has 0 amide bonds. The van der Waals surface area contributed by atoms with Crippen molar-refractivity contribution in [2.24, 2.45) is 4.99 Å². The Kier molecular flexibility index (Phi) is 8.93. The van der Waals surface area contributed by atoms with E-state index in [1.54, 1.807) is 56.3 Å².